The number of thiazole rings is 2. The Balaban J connectivity index is 0.000000211. The van der Waals surface area contributed by atoms with E-state index in [1.807, 2.05) is 95.5 Å². The normalized spacial score (nSPS) is 10.8. The number of carbonyl (C=O) groups excluding carboxylic acids is 1. The van der Waals surface area contributed by atoms with Crippen molar-refractivity contribution in [3.63, 3.8) is 0 Å². The molecule has 1 amide bonds. The standard InChI is InChI=1S/C21H26N6O2S.C16H18N6S/c1-14-25-17(22-10-11-23-20(28)29-21(2,3)4)12-18(26-14)27-19-24-13-16(30-19)15-8-6-5-7-9-15;1-11-20-14(18-8-7-17)9-15(21-11)22-16-19-10-13(23-16)12-5-3-2-4-6-12/h5-9,12-13H,10-11H2,1-4H3,(H,23,28)(H2,22,24,25,26,27);2-6,9-10H,7-8,17H2,1H3,(H2,18,19,20,21,22). The number of amides is 1. The summed E-state index contributed by atoms with van der Waals surface area (Å²) in [6.45, 7) is 11.3. The zero-order valence-corrected chi connectivity index (χ0v) is 31.9. The van der Waals surface area contributed by atoms with Gasteiger partial charge in [0.25, 0.3) is 0 Å². The van der Waals surface area contributed by atoms with Crippen molar-refractivity contribution in [3.8, 4) is 20.9 Å². The molecule has 0 fully saturated rings. The van der Waals surface area contributed by atoms with E-state index in [9.17, 15) is 4.79 Å². The molecule has 0 aliphatic carbocycles. The van der Waals surface area contributed by atoms with E-state index in [2.05, 4.69) is 80.8 Å². The van der Waals surface area contributed by atoms with Crippen LogP contribution in [0.15, 0.2) is 85.2 Å². The zero-order chi connectivity index (χ0) is 37.6. The average Bonchev–Trinajstić information content (AvgIpc) is 3.79. The van der Waals surface area contributed by atoms with E-state index in [0.717, 1.165) is 37.0 Å². The monoisotopic (exact) mass is 752 g/mol. The number of benzene rings is 2. The van der Waals surface area contributed by atoms with Crippen LogP contribution in [0.5, 0.6) is 0 Å². The van der Waals surface area contributed by atoms with Crippen LogP contribution in [0.3, 0.4) is 0 Å². The van der Waals surface area contributed by atoms with Crippen LogP contribution < -0.4 is 32.3 Å². The summed E-state index contributed by atoms with van der Waals surface area (Å²) in [6.07, 6.45) is 3.27. The van der Waals surface area contributed by atoms with Gasteiger partial charge in [-0.05, 0) is 45.7 Å². The Bertz CT molecular complexity index is 2050. The lowest BCUT2D eigenvalue weighted by Gasteiger charge is -2.19. The van der Waals surface area contributed by atoms with Gasteiger partial charge in [0.15, 0.2) is 10.3 Å². The van der Waals surface area contributed by atoms with Crippen LogP contribution in [0.1, 0.15) is 32.4 Å². The van der Waals surface area contributed by atoms with Crippen LogP contribution in [-0.4, -0.2) is 67.8 Å². The van der Waals surface area contributed by atoms with Crippen molar-refractivity contribution in [2.45, 2.75) is 40.2 Å². The maximum absolute atomic E-state index is 11.7. The Kier molecular flexibility index (Phi) is 13.6. The summed E-state index contributed by atoms with van der Waals surface area (Å²) >= 11 is 3.14. The first-order valence-electron chi connectivity index (χ1n) is 17.0. The molecular weight excluding hydrogens is 709 g/mol. The van der Waals surface area contributed by atoms with Crippen LogP contribution in [-0.2, 0) is 4.74 Å². The molecular formula is C37H44N12O2S2. The molecule has 6 rings (SSSR count). The number of anilines is 6. The van der Waals surface area contributed by atoms with E-state index in [-0.39, 0.29) is 0 Å². The van der Waals surface area contributed by atoms with Crippen LogP contribution in [0, 0.1) is 13.8 Å². The van der Waals surface area contributed by atoms with Gasteiger partial charge in [-0.2, -0.15) is 0 Å². The Hall–Kier alpha value is -5.71. The first-order chi connectivity index (χ1) is 25.5. The molecule has 2 aromatic carbocycles. The van der Waals surface area contributed by atoms with Gasteiger partial charge in [0.05, 0.1) is 9.75 Å². The number of ether oxygens (including phenoxy) is 1. The van der Waals surface area contributed by atoms with Gasteiger partial charge in [0, 0.05) is 50.7 Å². The molecule has 0 atom stereocenters. The molecule has 4 aromatic heterocycles. The summed E-state index contributed by atoms with van der Waals surface area (Å²) in [4.78, 5) is 40.3. The van der Waals surface area contributed by atoms with Gasteiger partial charge >= 0.3 is 6.09 Å². The number of nitrogens with one attached hydrogen (secondary N) is 5. The maximum atomic E-state index is 11.7. The minimum absolute atomic E-state index is 0.410. The van der Waals surface area contributed by atoms with E-state index in [1.165, 1.54) is 0 Å². The largest absolute Gasteiger partial charge is 0.444 e. The predicted molar refractivity (Wildman–Crippen MR) is 215 cm³/mol. The van der Waals surface area contributed by atoms with E-state index in [0.29, 0.717) is 55.3 Å². The van der Waals surface area contributed by atoms with Crippen molar-refractivity contribution in [2.75, 3.05) is 47.4 Å². The molecule has 0 spiro atoms. The second-order valence-corrected chi connectivity index (χ2v) is 14.5. The van der Waals surface area contributed by atoms with Crippen molar-refractivity contribution in [3.05, 3.63) is 96.8 Å². The van der Waals surface area contributed by atoms with E-state index < -0.39 is 11.7 Å². The molecule has 0 aliphatic heterocycles. The van der Waals surface area contributed by atoms with Gasteiger partial charge in [-0.3, -0.25) is 0 Å². The fourth-order valence-electron chi connectivity index (χ4n) is 4.67. The molecule has 6 aromatic rings. The second kappa shape index (κ2) is 18.7. The lowest BCUT2D eigenvalue weighted by molar-refractivity contribution is 0.0530. The fraction of sp³-hybridized carbons (Fsp3) is 0.270. The molecule has 0 saturated heterocycles. The lowest BCUT2D eigenvalue weighted by Crippen LogP contribution is -2.35. The smallest absolute Gasteiger partial charge is 0.407 e. The Morgan fingerprint density at radius 2 is 1.13 bits per heavy atom. The molecule has 7 N–H and O–H groups in total. The summed E-state index contributed by atoms with van der Waals surface area (Å²) in [5.74, 6) is 4.10. The van der Waals surface area contributed by atoms with Gasteiger partial charge in [-0.1, -0.05) is 83.3 Å². The summed E-state index contributed by atoms with van der Waals surface area (Å²) < 4.78 is 5.21. The van der Waals surface area contributed by atoms with Crippen molar-refractivity contribution in [2.24, 2.45) is 5.73 Å². The van der Waals surface area contributed by atoms with Gasteiger partial charge < -0.3 is 37.1 Å². The third-order valence-electron chi connectivity index (χ3n) is 6.82. The highest BCUT2D eigenvalue weighted by Crippen LogP contribution is 2.31. The van der Waals surface area contributed by atoms with Gasteiger partial charge in [0.1, 0.15) is 40.5 Å². The topological polar surface area (TPSA) is 190 Å². The third kappa shape index (κ3) is 12.8. The average molecular weight is 753 g/mol. The number of hydrogen-bond donors (Lipinski definition) is 6. The minimum Gasteiger partial charge on any atom is -0.444 e. The summed E-state index contributed by atoms with van der Waals surface area (Å²) in [5.41, 5.74) is 7.27. The number of nitrogens with two attached hydrogens (primary N) is 1. The molecule has 14 nitrogen and oxygen atoms in total. The van der Waals surface area contributed by atoms with Crippen LogP contribution in [0.25, 0.3) is 20.9 Å². The molecule has 16 heteroatoms. The number of alkyl carbamates (subject to hydrolysis) is 1. The van der Waals surface area contributed by atoms with Crippen LogP contribution in [0.4, 0.5) is 38.3 Å². The van der Waals surface area contributed by atoms with Gasteiger partial charge in [0.2, 0.25) is 0 Å². The van der Waals surface area contributed by atoms with E-state index in [4.69, 9.17) is 10.5 Å². The Morgan fingerprint density at radius 3 is 1.58 bits per heavy atom. The second-order valence-electron chi connectivity index (χ2n) is 12.5. The maximum Gasteiger partial charge on any atom is 0.407 e. The summed E-state index contributed by atoms with van der Waals surface area (Å²) in [6, 6.07) is 24.0. The molecule has 0 aliphatic rings. The van der Waals surface area contributed by atoms with Gasteiger partial charge in [-0.15, -0.1) is 0 Å². The highest BCUT2D eigenvalue weighted by molar-refractivity contribution is 7.19. The quantitative estimate of drug-likeness (QED) is 0.0633. The highest BCUT2D eigenvalue weighted by atomic mass is 32.1. The number of hydrogen-bond acceptors (Lipinski definition) is 15. The zero-order valence-electron chi connectivity index (χ0n) is 30.3. The number of carbonyl (C=O) groups is 1. The lowest BCUT2D eigenvalue weighted by atomic mass is 10.2. The van der Waals surface area contributed by atoms with E-state index >= 15 is 0 Å². The van der Waals surface area contributed by atoms with Gasteiger partial charge in [-0.25, -0.2) is 34.7 Å². The predicted octanol–water partition coefficient (Wildman–Crippen LogP) is 7.61. The minimum atomic E-state index is -0.516. The highest BCUT2D eigenvalue weighted by Gasteiger charge is 2.15. The SMILES string of the molecule is Cc1nc(NCCN)cc(Nc2ncc(-c3ccccc3)s2)n1.Cc1nc(NCCNC(=O)OC(C)(C)C)cc(Nc2ncc(-c3ccccc3)s2)n1. The molecule has 0 bridgehead atoms. The number of rotatable bonds is 13. The summed E-state index contributed by atoms with van der Waals surface area (Å²) in [7, 11) is 0. The van der Waals surface area contributed by atoms with Crippen LogP contribution in [0.2, 0.25) is 0 Å². The number of aryl methyl sites for hydroxylation is 2. The van der Waals surface area contributed by atoms with Crippen molar-refractivity contribution in [1.29, 1.82) is 0 Å². The summed E-state index contributed by atoms with van der Waals surface area (Å²) in [5, 5.41) is 17.1. The van der Waals surface area contributed by atoms with Crippen molar-refractivity contribution < 1.29 is 9.53 Å². The number of aromatic nitrogens is 6. The first-order valence-corrected chi connectivity index (χ1v) is 18.6. The Labute approximate surface area is 317 Å². The third-order valence-corrected chi connectivity index (χ3v) is 8.75. The van der Waals surface area contributed by atoms with Crippen molar-refractivity contribution in [1.82, 2.24) is 35.2 Å². The molecule has 0 radical (unpaired) electrons. The molecule has 0 saturated carbocycles. The fourth-order valence-corrected chi connectivity index (χ4v) is 6.33. The molecule has 4 heterocycles. The molecule has 53 heavy (non-hydrogen) atoms. The number of nitrogens with zero attached hydrogens (tertiary/aromatic N) is 6. The Morgan fingerprint density at radius 1 is 0.679 bits per heavy atom. The van der Waals surface area contributed by atoms with Crippen molar-refractivity contribution >= 4 is 62.3 Å². The molecule has 0 unspecified atom stereocenters. The molecule has 276 valence electrons. The van der Waals surface area contributed by atoms with E-state index in [1.54, 1.807) is 22.7 Å². The first kappa shape index (κ1) is 38.5. The van der Waals surface area contributed by atoms with Crippen LogP contribution >= 0.6 is 22.7 Å².